The summed E-state index contributed by atoms with van der Waals surface area (Å²) in [4.78, 5) is 58.2. The van der Waals surface area contributed by atoms with Crippen molar-refractivity contribution in [1.82, 2.24) is 20.4 Å². The Kier molecular flexibility index (Phi) is 12.2. The highest BCUT2D eigenvalue weighted by Crippen LogP contribution is 2.48. The Morgan fingerprint density at radius 1 is 0.980 bits per heavy atom. The van der Waals surface area contributed by atoms with E-state index in [1.54, 1.807) is 51.7 Å². The Hall–Kier alpha value is -3.89. The van der Waals surface area contributed by atoms with Crippen molar-refractivity contribution >= 4 is 41.0 Å². The maximum absolute atomic E-state index is 14.5. The lowest BCUT2D eigenvalue weighted by Crippen LogP contribution is -2.61. The Bertz CT molecular complexity index is 1530. The second-order valence-electron chi connectivity index (χ2n) is 14.4. The zero-order chi connectivity index (χ0) is 36.0. The van der Waals surface area contributed by atoms with E-state index < -0.39 is 34.7 Å². The van der Waals surface area contributed by atoms with Gasteiger partial charge < -0.3 is 29.9 Å². The van der Waals surface area contributed by atoms with E-state index in [0.29, 0.717) is 17.1 Å². The van der Waals surface area contributed by atoms with Crippen LogP contribution in [0.4, 0.5) is 4.79 Å². The molecule has 10 nitrogen and oxygen atoms in total. The summed E-state index contributed by atoms with van der Waals surface area (Å²) in [5, 5.41) is 6.04. The zero-order valence-electron chi connectivity index (χ0n) is 29.9. The number of hydrogen-bond acceptors (Lipinski definition) is 6. The summed E-state index contributed by atoms with van der Waals surface area (Å²) in [6.07, 6.45) is 3.89. The van der Waals surface area contributed by atoms with E-state index in [1.807, 2.05) is 61.3 Å². The van der Waals surface area contributed by atoms with Crippen LogP contribution in [0.2, 0.25) is 5.02 Å². The van der Waals surface area contributed by atoms with E-state index in [9.17, 15) is 19.2 Å². The quantitative estimate of drug-likeness (QED) is 0.277. The van der Waals surface area contributed by atoms with Crippen LogP contribution in [0.1, 0.15) is 84.8 Å². The summed E-state index contributed by atoms with van der Waals surface area (Å²) < 4.78 is 11.4. The highest BCUT2D eigenvalue weighted by Gasteiger charge is 2.50. The van der Waals surface area contributed by atoms with Gasteiger partial charge in [0.15, 0.2) is 0 Å². The Labute approximate surface area is 295 Å². The van der Waals surface area contributed by atoms with Crippen LogP contribution in [-0.2, 0) is 30.5 Å². The lowest BCUT2D eigenvalue weighted by molar-refractivity contribution is -0.139. The molecule has 1 aliphatic carbocycles. The van der Waals surface area contributed by atoms with Gasteiger partial charge in [-0.15, -0.1) is 0 Å². The molecule has 1 aliphatic heterocycles. The number of amides is 4. The molecule has 4 rings (SSSR count). The zero-order valence-corrected chi connectivity index (χ0v) is 30.6. The molecule has 0 aromatic heterocycles. The molecular formula is C38H51ClN4O6. The number of carbonyl (C=O) groups is 4. The van der Waals surface area contributed by atoms with Crippen LogP contribution in [0.3, 0.4) is 0 Å². The number of benzene rings is 2. The molecule has 2 aliphatic rings. The van der Waals surface area contributed by atoms with Crippen LogP contribution in [0.25, 0.3) is 5.57 Å². The summed E-state index contributed by atoms with van der Waals surface area (Å²) in [5.74, 6) is -1.00. The molecule has 0 bridgehead atoms. The van der Waals surface area contributed by atoms with Gasteiger partial charge in [-0.3, -0.25) is 14.4 Å². The van der Waals surface area contributed by atoms with Crippen molar-refractivity contribution < 1.29 is 28.7 Å². The monoisotopic (exact) mass is 694 g/mol. The Morgan fingerprint density at radius 3 is 2.20 bits per heavy atom. The molecule has 1 atom stereocenters. The lowest BCUT2D eigenvalue weighted by atomic mass is 9.75. The van der Waals surface area contributed by atoms with Gasteiger partial charge in [-0.2, -0.15) is 0 Å². The molecule has 11 heteroatoms. The van der Waals surface area contributed by atoms with Crippen LogP contribution in [-0.4, -0.2) is 83.1 Å². The molecule has 2 aromatic rings. The average molecular weight is 695 g/mol. The minimum atomic E-state index is -1.41. The van der Waals surface area contributed by atoms with Crippen LogP contribution in [0.15, 0.2) is 60.2 Å². The van der Waals surface area contributed by atoms with E-state index in [4.69, 9.17) is 21.1 Å². The minimum absolute atomic E-state index is 0.0752. The summed E-state index contributed by atoms with van der Waals surface area (Å²) in [6.45, 7) is 10.8. The van der Waals surface area contributed by atoms with Crippen LogP contribution < -0.4 is 10.6 Å². The van der Waals surface area contributed by atoms with Crippen molar-refractivity contribution in [3.63, 3.8) is 0 Å². The van der Waals surface area contributed by atoms with Crippen LogP contribution in [0.5, 0.6) is 0 Å². The van der Waals surface area contributed by atoms with Crippen molar-refractivity contribution in [3.8, 4) is 0 Å². The summed E-state index contributed by atoms with van der Waals surface area (Å²) in [6, 6.07) is 15.7. The van der Waals surface area contributed by atoms with Gasteiger partial charge in [-0.25, -0.2) is 4.79 Å². The topological polar surface area (TPSA) is 117 Å². The molecule has 0 radical (unpaired) electrons. The molecule has 1 saturated carbocycles. The third kappa shape index (κ3) is 9.22. The lowest BCUT2D eigenvalue weighted by Gasteiger charge is -2.43. The average Bonchev–Trinajstić information content (AvgIpc) is 3.23. The minimum Gasteiger partial charge on any atom is -0.444 e. The Balaban J connectivity index is 1.65. The van der Waals surface area contributed by atoms with Crippen LogP contribution >= 0.6 is 11.6 Å². The predicted molar refractivity (Wildman–Crippen MR) is 191 cm³/mol. The molecule has 1 fully saturated rings. The molecular weight excluding hydrogens is 644 g/mol. The second kappa shape index (κ2) is 15.8. The molecule has 1 heterocycles. The molecule has 49 heavy (non-hydrogen) atoms. The van der Waals surface area contributed by atoms with Gasteiger partial charge in [0, 0.05) is 25.2 Å². The first kappa shape index (κ1) is 37.9. The van der Waals surface area contributed by atoms with E-state index in [0.717, 1.165) is 48.8 Å². The molecule has 2 N–H and O–H groups in total. The van der Waals surface area contributed by atoms with E-state index in [1.165, 1.54) is 0 Å². The molecule has 0 saturated heterocycles. The van der Waals surface area contributed by atoms with Crippen molar-refractivity contribution in [2.24, 2.45) is 0 Å². The van der Waals surface area contributed by atoms with Gasteiger partial charge in [-0.1, -0.05) is 73.3 Å². The van der Waals surface area contributed by atoms with Crippen molar-refractivity contribution in [1.29, 1.82) is 0 Å². The number of ether oxygens (including phenoxy) is 2. The molecule has 1 spiro atoms. The van der Waals surface area contributed by atoms with Gasteiger partial charge in [0.1, 0.15) is 17.2 Å². The molecule has 266 valence electrons. The number of alkyl carbamates (subject to hydrolysis) is 1. The smallest absolute Gasteiger partial charge is 0.408 e. The number of carbonyl (C=O) groups excluding carboxylic acids is 4. The number of nitrogens with one attached hydrogen (secondary N) is 2. The fourth-order valence-electron chi connectivity index (χ4n) is 6.60. The number of rotatable bonds is 12. The van der Waals surface area contributed by atoms with Crippen molar-refractivity contribution in [3.05, 3.63) is 76.3 Å². The highest BCUT2D eigenvalue weighted by molar-refractivity contribution is 6.31. The third-order valence-electron chi connectivity index (χ3n) is 9.26. The fraction of sp³-hybridized carbons (Fsp3) is 0.526. The maximum Gasteiger partial charge on any atom is 0.408 e. The number of nitrogens with zero attached hydrogens (tertiary/aromatic N) is 2. The van der Waals surface area contributed by atoms with E-state index in [-0.39, 0.29) is 31.6 Å². The number of halogens is 1. The van der Waals surface area contributed by atoms with E-state index in [2.05, 4.69) is 10.6 Å². The van der Waals surface area contributed by atoms with Gasteiger partial charge in [0.25, 0.3) is 5.91 Å². The predicted octanol–water partition coefficient (Wildman–Crippen LogP) is 6.12. The largest absolute Gasteiger partial charge is 0.444 e. The first-order valence-corrected chi connectivity index (χ1v) is 17.5. The summed E-state index contributed by atoms with van der Waals surface area (Å²) >= 11 is 6.21. The molecule has 0 unspecified atom stereocenters. The fourth-order valence-corrected chi connectivity index (χ4v) is 6.72. The first-order valence-electron chi connectivity index (χ1n) is 17.1. The maximum atomic E-state index is 14.5. The standard InChI is InChI=1S/C38H51ClN4O6/c1-8-43(23-29-31(27-17-19-28(39)20-18-27)33(45)42(7)38(29)21-13-10-14-22-38)32(44)30(25-48-24-26-15-11-9-12-16-26)40-34(46)37(5,6)41-35(47)49-36(2,3)4/h9,11-12,15-20,30H,8,10,13-14,21-25H2,1-7H3,(H,40,46)(H,41,47)/t30-/m1/s1. The SMILES string of the molecule is CCN(CC1=C(c2ccc(Cl)cc2)C(=O)N(C)C12CCCCC2)C(=O)[C@@H](COCc1ccccc1)NC(=O)C(C)(C)NC(=O)OC(C)(C)C. The van der Waals surface area contributed by atoms with Gasteiger partial charge in [-0.05, 0) is 83.2 Å². The highest BCUT2D eigenvalue weighted by atomic mass is 35.5. The second-order valence-corrected chi connectivity index (χ2v) is 14.9. The first-order chi connectivity index (χ1) is 23.1. The number of hydrogen-bond donors (Lipinski definition) is 2. The normalized spacial score (nSPS) is 16.8. The van der Waals surface area contributed by atoms with Gasteiger partial charge >= 0.3 is 6.09 Å². The molecule has 4 amide bonds. The van der Waals surface area contributed by atoms with E-state index >= 15 is 0 Å². The number of likely N-dealkylation sites (N-methyl/N-ethyl adjacent to an activating group) is 2. The summed E-state index contributed by atoms with van der Waals surface area (Å²) in [7, 11) is 1.86. The Morgan fingerprint density at radius 2 is 1.61 bits per heavy atom. The van der Waals surface area contributed by atoms with Gasteiger partial charge in [0.2, 0.25) is 11.8 Å². The summed E-state index contributed by atoms with van der Waals surface area (Å²) in [5.41, 5.74) is 0.494. The third-order valence-corrected chi connectivity index (χ3v) is 9.51. The van der Waals surface area contributed by atoms with Crippen LogP contribution in [0, 0.1) is 0 Å². The van der Waals surface area contributed by atoms with Crippen molar-refractivity contribution in [2.45, 2.75) is 103 Å². The van der Waals surface area contributed by atoms with Crippen molar-refractivity contribution in [2.75, 3.05) is 26.7 Å². The molecule has 2 aromatic carbocycles. The van der Waals surface area contributed by atoms with Gasteiger partial charge in [0.05, 0.1) is 24.3 Å².